The van der Waals surface area contributed by atoms with E-state index in [9.17, 15) is 14.7 Å². The fourth-order valence-electron chi connectivity index (χ4n) is 0.962. The summed E-state index contributed by atoms with van der Waals surface area (Å²) in [6.45, 7) is 1.85. The number of nitrogens with zero attached hydrogens (tertiary/aromatic N) is 1. The highest BCUT2D eigenvalue weighted by Gasteiger charge is 2.25. The first-order valence-electron chi connectivity index (χ1n) is 4.81. The van der Waals surface area contributed by atoms with Crippen molar-refractivity contribution in [3.05, 3.63) is 0 Å². The Morgan fingerprint density at radius 1 is 1.50 bits per heavy atom. The van der Waals surface area contributed by atoms with Crippen molar-refractivity contribution in [2.75, 3.05) is 25.6 Å². The molecule has 0 aromatic heterocycles. The minimum Gasteiger partial charge on any atom is -0.480 e. The molecule has 6 nitrogen and oxygen atoms in total. The van der Waals surface area contributed by atoms with Gasteiger partial charge in [0.15, 0.2) is 6.04 Å². The quantitative estimate of drug-likeness (QED) is 0.608. The van der Waals surface area contributed by atoms with Crippen LogP contribution in [0.5, 0.6) is 0 Å². The van der Waals surface area contributed by atoms with E-state index >= 15 is 0 Å². The van der Waals surface area contributed by atoms with E-state index in [4.69, 9.17) is 5.11 Å². The number of urea groups is 1. The lowest BCUT2D eigenvalue weighted by Gasteiger charge is -2.22. The first kappa shape index (κ1) is 15.0. The molecule has 0 fully saturated rings. The second kappa shape index (κ2) is 7.34. The van der Waals surface area contributed by atoms with E-state index in [1.807, 2.05) is 6.26 Å². The molecule has 0 aliphatic carbocycles. The molecule has 0 saturated carbocycles. The summed E-state index contributed by atoms with van der Waals surface area (Å²) in [4.78, 5) is 23.6. The van der Waals surface area contributed by atoms with Crippen LogP contribution >= 0.6 is 11.8 Å². The van der Waals surface area contributed by atoms with Crippen LogP contribution < -0.4 is 5.32 Å². The van der Waals surface area contributed by atoms with Crippen molar-refractivity contribution in [2.24, 2.45) is 0 Å². The third-order valence-corrected chi connectivity index (χ3v) is 2.60. The molecule has 94 valence electrons. The van der Waals surface area contributed by atoms with Gasteiger partial charge in [0.1, 0.15) is 0 Å². The summed E-state index contributed by atoms with van der Waals surface area (Å²) in [5.74, 6) is -0.474. The Labute approximate surface area is 99.0 Å². The summed E-state index contributed by atoms with van der Waals surface area (Å²) in [6.07, 6.45) is 0.789. The summed E-state index contributed by atoms with van der Waals surface area (Å²) in [6, 6.07) is -1.77. The maximum Gasteiger partial charge on any atom is 0.328 e. The van der Waals surface area contributed by atoms with Gasteiger partial charge in [-0.15, -0.1) is 0 Å². The number of hydrogen-bond acceptors (Lipinski definition) is 4. The van der Waals surface area contributed by atoms with E-state index in [0.29, 0.717) is 6.54 Å². The molecule has 0 aliphatic heterocycles. The van der Waals surface area contributed by atoms with Gasteiger partial charge in [-0.2, -0.15) is 11.8 Å². The van der Waals surface area contributed by atoms with E-state index in [1.165, 1.54) is 11.8 Å². The average Bonchev–Trinajstić information content (AvgIpc) is 2.20. The number of carbonyl (C=O) groups excluding carboxylic acids is 1. The molecule has 2 amide bonds. The van der Waals surface area contributed by atoms with Crippen molar-refractivity contribution in [2.45, 2.75) is 19.1 Å². The highest BCUT2D eigenvalue weighted by atomic mass is 32.2. The van der Waals surface area contributed by atoms with E-state index in [2.05, 4.69) is 5.32 Å². The van der Waals surface area contributed by atoms with E-state index in [-0.39, 0.29) is 0 Å². The molecular weight excluding hydrogens is 232 g/mol. The van der Waals surface area contributed by atoms with E-state index < -0.39 is 24.1 Å². The molecule has 16 heavy (non-hydrogen) atoms. The van der Waals surface area contributed by atoms with E-state index in [1.54, 1.807) is 18.8 Å². The topological polar surface area (TPSA) is 89.9 Å². The summed E-state index contributed by atoms with van der Waals surface area (Å²) in [7, 11) is 1.58. The van der Waals surface area contributed by atoms with Crippen LogP contribution in [0.25, 0.3) is 0 Å². The van der Waals surface area contributed by atoms with Crippen LogP contribution in [0.15, 0.2) is 0 Å². The molecule has 0 spiro atoms. The number of aliphatic hydroxyl groups is 1. The number of carboxylic acid groups (broad SMARTS) is 1. The first-order valence-corrected chi connectivity index (χ1v) is 6.21. The smallest absolute Gasteiger partial charge is 0.328 e. The Balaban J connectivity index is 4.24. The molecule has 7 heteroatoms. The third kappa shape index (κ3) is 5.22. The van der Waals surface area contributed by atoms with Gasteiger partial charge in [-0.25, -0.2) is 9.59 Å². The number of carboxylic acids is 1. The average molecular weight is 250 g/mol. The molecule has 0 saturated heterocycles. The molecule has 0 bridgehead atoms. The minimum absolute atomic E-state index is 0.498. The number of hydrogen-bond donors (Lipinski definition) is 3. The van der Waals surface area contributed by atoms with Crippen molar-refractivity contribution in [3.8, 4) is 0 Å². The maximum atomic E-state index is 11.5. The van der Waals surface area contributed by atoms with Crippen LogP contribution in [-0.2, 0) is 4.79 Å². The Morgan fingerprint density at radius 2 is 2.06 bits per heavy atom. The summed E-state index contributed by atoms with van der Waals surface area (Å²) < 4.78 is 0. The zero-order chi connectivity index (χ0) is 12.7. The monoisotopic (exact) mass is 250 g/mol. The standard InChI is InChI=1S/C9H18N2O4S/c1-6(12)7(8(13)14)10-9(15)11(2)4-5-16-3/h6-7,12H,4-5H2,1-3H3,(H,10,15)(H,13,14). The predicted molar refractivity (Wildman–Crippen MR) is 62.6 cm³/mol. The molecular formula is C9H18N2O4S. The lowest BCUT2D eigenvalue weighted by Crippen LogP contribution is -2.51. The lowest BCUT2D eigenvalue weighted by atomic mass is 10.2. The molecule has 0 aromatic rings. The summed E-state index contributed by atoms with van der Waals surface area (Å²) >= 11 is 1.59. The van der Waals surface area contributed by atoms with Crippen molar-refractivity contribution >= 4 is 23.8 Å². The number of nitrogens with one attached hydrogen (secondary N) is 1. The Hall–Kier alpha value is -0.950. The largest absolute Gasteiger partial charge is 0.480 e. The minimum atomic E-state index is -1.27. The first-order chi connectivity index (χ1) is 7.40. The van der Waals surface area contributed by atoms with Gasteiger partial charge in [0.25, 0.3) is 0 Å². The maximum absolute atomic E-state index is 11.5. The van der Waals surface area contributed by atoms with Crippen LogP contribution in [-0.4, -0.2) is 64.9 Å². The van der Waals surface area contributed by atoms with Gasteiger partial charge in [0.2, 0.25) is 0 Å². The van der Waals surface area contributed by atoms with Crippen molar-refractivity contribution in [1.29, 1.82) is 0 Å². The second-order valence-corrected chi connectivity index (χ2v) is 4.41. The third-order valence-electron chi connectivity index (χ3n) is 2.00. The fourth-order valence-corrected chi connectivity index (χ4v) is 1.42. The molecule has 3 N–H and O–H groups in total. The Kier molecular flexibility index (Phi) is 6.91. The van der Waals surface area contributed by atoms with Gasteiger partial charge in [-0.1, -0.05) is 0 Å². The van der Waals surface area contributed by atoms with E-state index in [0.717, 1.165) is 5.75 Å². The lowest BCUT2D eigenvalue weighted by molar-refractivity contribution is -0.141. The van der Waals surface area contributed by atoms with Crippen molar-refractivity contribution < 1.29 is 19.8 Å². The highest BCUT2D eigenvalue weighted by Crippen LogP contribution is 1.97. The van der Waals surface area contributed by atoms with Gasteiger partial charge in [0, 0.05) is 19.3 Å². The van der Waals surface area contributed by atoms with Gasteiger partial charge >= 0.3 is 12.0 Å². The predicted octanol–water partition coefficient (Wildman–Crippen LogP) is -0.175. The van der Waals surface area contributed by atoms with Crippen molar-refractivity contribution in [1.82, 2.24) is 10.2 Å². The number of thioether (sulfide) groups is 1. The Bertz CT molecular complexity index is 248. The zero-order valence-corrected chi connectivity index (χ0v) is 10.5. The van der Waals surface area contributed by atoms with Gasteiger partial charge in [0.05, 0.1) is 6.10 Å². The summed E-state index contributed by atoms with van der Waals surface area (Å²) in [5.41, 5.74) is 0. The number of rotatable bonds is 6. The molecule has 0 aliphatic rings. The number of amides is 2. The molecule has 2 unspecified atom stereocenters. The van der Waals surface area contributed by atoms with Gasteiger partial charge < -0.3 is 20.4 Å². The van der Waals surface area contributed by atoms with Crippen LogP contribution in [0.4, 0.5) is 4.79 Å². The number of aliphatic carboxylic acids is 1. The second-order valence-electron chi connectivity index (χ2n) is 3.42. The SMILES string of the molecule is CSCCN(C)C(=O)NC(C(=O)O)C(C)O. The molecule has 0 aromatic carbocycles. The van der Waals surface area contributed by atoms with Gasteiger partial charge in [-0.05, 0) is 13.2 Å². The molecule has 0 heterocycles. The van der Waals surface area contributed by atoms with Crippen LogP contribution in [0.2, 0.25) is 0 Å². The number of aliphatic hydroxyl groups excluding tert-OH is 1. The normalized spacial score (nSPS) is 14.0. The molecule has 0 rings (SSSR count). The molecule has 2 atom stereocenters. The van der Waals surface area contributed by atoms with Crippen LogP contribution in [0.3, 0.4) is 0 Å². The summed E-state index contributed by atoms with van der Waals surface area (Å²) in [5, 5.41) is 20.2. The number of carbonyl (C=O) groups is 2. The van der Waals surface area contributed by atoms with Gasteiger partial charge in [-0.3, -0.25) is 0 Å². The zero-order valence-electron chi connectivity index (χ0n) is 9.64. The Morgan fingerprint density at radius 3 is 2.44 bits per heavy atom. The van der Waals surface area contributed by atoms with Crippen LogP contribution in [0, 0.1) is 0 Å². The van der Waals surface area contributed by atoms with Crippen molar-refractivity contribution in [3.63, 3.8) is 0 Å². The highest BCUT2D eigenvalue weighted by molar-refractivity contribution is 7.98. The van der Waals surface area contributed by atoms with Crippen LogP contribution in [0.1, 0.15) is 6.92 Å². The fraction of sp³-hybridized carbons (Fsp3) is 0.778. The molecule has 0 radical (unpaired) electrons.